The summed E-state index contributed by atoms with van der Waals surface area (Å²) in [4.78, 5) is 23.7. The summed E-state index contributed by atoms with van der Waals surface area (Å²) in [6, 6.07) is 18.9. The number of pyridine rings is 2. The number of anilines is 3. The molecule has 1 saturated heterocycles. The number of nitrogens with zero attached hydrogens (tertiary/aromatic N) is 3. The Morgan fingerprint density at radius 1 is 1.09 bits per heavy atom. The van der Waals surface area contributed by atoms with E-state index in [9.17, 15) is 4.79 Å². The molecule has 8 heteroatoms. The molecule has 32 heavy (non-hydrogen) atoms. The van der Waals surface area contributed by atoms with Gasteiger partial charge in [0.05, 0.1) is 26.0 Å². The van der Waals surface area contributed by atoms with Gasteiger partial charge in [-0.05, 0) is 55.5 Å². The molecule has 0 bridgehead atoms. The average molecular weight is 434 g/mol. The fourth-order valence-corrected chi connectivity index (χ4v) is 3.55. The highest BCUT2D eigenvalue weighted by atomic mass is 16.5. The van der Waals surface area contributed by atoms with E-state index in [2.05, 4.69) is 20.5 Å². The Hall–Kier alpha value is -3.49. The quantitative estimate of drug-likeness (QED) is 0.589. The van der Waals surface area contributed by atoms with Crippen LogP contribution in [0.25, 0.3) is 0 Å². The summed E-state index contributed by atoms with van der Waals surface area (Å²) in [6.07, 6.45) is -0.204. The maximum Gasteiger partial charge on any atom is 0.238 e. The maximum absolute atomic E-state index is 12.5. The summed E-state index contributed by atoms with van der Waals surface area (Å²) in [6.45, 7) is 4.06. The van der Waals surface area contributed by atoms with Crippen molar-refractivity contribution < 1.29 is 14.3 Å². The highest BCUT2D eigenvalue weighted by molar-refractivity contribution is 5.92. The van der Waals surface area contributed by atoms with Crippen LogP contribution in [0, 0.1) is 6.92 Å². The Morgan fingerprint density at radius 3 is 2.59 bits per heavy atom. The Bertz CT molecular complexity index is 1060. The normalized spacial score (nSPS) is 16.4. The number of hydrogen-bond acceptors (Lipinski definition) is 7. The highest BCUT2D eigenvalue weighted by Crippen LogP contribution is 2.23. The molecular weight excluding hydrogens is 406 g/mol. The first-order valence-corrected chi connectivity index (χ1v) is 10.5. The molecule has 1 aromatic carbocycles. The number of morpholine rings is 1. The molecule has 4 rings (SSSR count). The molecule has 1 fully saturated rings. The van der Waals surface area contributed by atoms with Gasteiger partial charge in [0.15, 0.2) is 0 Å². The number of amides is 1. The Morgan fingerprint density at radius 2 is 1.84 bits per heavy atom. The third-order valence-corrected chi connectivity index (χ3v) is 5.14. The maximum atomic E-state index is 12.5. The molecule has 0 unspecified atom stereocenters. The fraction of sp³-hybridized carbons (Fsp3) is 0.292. The van der Waals surface area contributed by atoms with Crippen LogP contribution in [0.4, 0.5) is 17.3 Å². The van der Waals surface area contributed by atoms with Gasteiger partial charge in [0.1, 0.15) is 23.5 Å². The second kappa shape index (κ2) is 10.2. The third-order valence-electron chi connectivity index (χ3n) is 5.14. The minimum atomic E-state index is -0.204. The van der Waals surface area contributed by atoms with E-state index in [1.807, 2.05) is 67.6 Å². The number of benzene rings is 1. The molecule has 0 radical (unpaired) electrons. The number of aromatic nitrogens is 2. The van der Waals surface area contributed by atoms with Crippen molar-refractivity contribution in [2.24, 2.45) is 0 Å². The van der Waals surface area contributed by atoms with Crippen LogP contribution in [-0.4, -0.2) is 54.1 Å². The molecule has 2 N–H and O–H groups in total. The summed E-state index contributed by atoms with van der Waals surface area (Å²) in [5, 5.41) is 6.17. The van der Waals surface area contributed by atoms with Gasteiger partial charge < -0.3 is 20.1 Å². The Labute approximate surface area is 187 Å². The smallest absolute Gasteiger partial charge is 0.238 e. The van der Waals surface area contributed by atoms with Crippen LogP contribution in [0.1, 0.15) is 17.5 Å². The summed E-state index contributed by atoms with van der Waals surface area (Å²) in [7, 11) is 1.61. The number of carbonyl (C=O) groups excluding carboxylic acids is 1. The summed E-state index contributed by atoms with van der Waals surface area (Å²) in [5.41, 5.74) is 2.50. The van der Waals surface area contributed by atoms with E-state index >= 15 is 0 Å². The SMILES string of the molecule is COc1ccc(NC(=O)CN2CCO[C@H](c3cccc(Nc4cccc(C)n4)n3)C2)cc1. The molecule has 0 saturated carbocycles. The van der Waals surface area contributed by atoms with Crippen molar-refractivity contribution in [3.63, 3.8) is 0 Å². The van der Waals surface area contributed by atoms with Crippen LogP contribution in [-0.2, 0) is 9.53 Å². The topological polar surface area (TPSA) is 88.6 Å². The first-order chi connectivity index (χ1) is 15.6. The number of ether oxygens (including phenoxy) is 2. The van der Waals surface area contributed by atoms with Crippen molar-refractivity contribution in [2.75, 3.05) is 44.0 Å². The van der Waals surface area contributed by atoms with Gasteiger partial charge >= 0.3 is 0 Å². The Kier molecular flexibility index (Phi) is 6.94. The van der Waals surface area contributed by atoms with Gasteiger partial charge in [-0.25, -0.2) is 9.97 Å². The van der Waals surface area contributed by atoms with Crippen LogP contribution in [0.5, 0.6) is 5.75 Å². The molecule has 0 aliphatic carbocycles. The number of hydrogen-bond donors (Lipinski definition) is 2. The van der Waals surface area contributed by atoms with Crippen molar-refractivity contribution in [1.82, 2.24) is 14.9 Å². The van der Waals surface area contributed by atoms with E-state index < -0.39 is 0 Å². The van der Waals surface area contributed by atoms with E-state index in [0.717, 1.165) is 28.6 Å². The van der Waals surface area contributed by atoms with Crippen LogP contribution < -0.4 is 15.4 Å². The van der Waals surface area contributed by atoms with Gasteiger partial charge in [-0.1, -0.05) is 12.1 Å². The molecule has 8 nitrogen and oxygen atoms in total. The average Bonchev–Trinajstić information content (AvgIpc) is 2.80. The fourth-order valence-electron chi connectivity index (χ4n) is 3.55. The molecule has 166 valence electrons. The largest absolute Gasteiger partial charge is 0.497 e. The van der Waals surface area contributed by atoms with Crippen molar-refractivity contribution in [3.05, 3.63) is 72.1 Å². The lowest BCUT2D eigenvalue weighted by molar-refractivity contribution is -0.119. The minimum Gasteiger partial charge on any atom is -0.497 e. The zero-order valence-electron chi connectivity index (χ0n) is 18.2. The van der Waals surface area contributed by atoms with Crippen LogP contribution in [0.2, 0.25) is 0 Å². The molecule has 0 spiro atoms. The Balaban J connectivity index is 1.35. The number of rotatable bonds is 7. The highest BCUT2D eigenvalue weighted by Gasteiger charge is 2.24. The summed E-state index contributed by atoms with van der Waals surface area (Å²) >= 11 is 0. The standard InChI is InChI=1S/C24H27N5O3/c1-17-5-3-7-22(25-17)28-23-8-4-6-20(27-23)21-15-29(13-14-32-21)16-24(30)26-18-9-11-19(31-2)12-10-18/h3-12,21H,13-16H2,1-2H3,(H,26,30)(H,25,27,28)/t21-/m0/s1. The van der Waals surface area contributed by atoms with Gasteiger partial charge in [-0.3, -0.25) is 9.69 Å². The lowest BCUT2D eigenvalue weighted by Gasteiger charge is -2.32. The number of aryl methyl sites for hydroxylation is 1. The number of carbonyl (C=O) groups is 1. The van der Waals surface area contributed by atoms with E-state index in [1.165, 1.54) is 0 Å². The molecule has 1 atom stereocenters. The first kappa shape index (κ1) is 21.7. The van der Waals surface area contributed by atoms with Crippen molar-refractivity contribution in [2.45, 2.75) is 13.0 Å². The minimum absolute atomic E-state index is 0.0651. The van der Waals surface area contributed by atoms with Gasteiger partial charge in [0, 0.05) is 24.5 Å². The third kappa shape index (κ3) is 5.81. The molecule has 3 aromatic rings. The monoisotopic (exact) mass is 433 g/mol. The van der Waals surface area contributed by atoms with Gasteiger partial charge in [-0.2, -0.15) is 0 Å². The van der Waals surface area contributed by atoms with Gasteiger partial charge in [-0.15, -0.1) is 0 Å². The summed E-state index contributed by atoms with van der Waals surface area (Å²) in [5.74, 6) is 2.14. The van der Waals surface area contributed by atoms with E-state index in [4.69, 9.17) is 14.5 Å². The van der Waals surface area contributed by atoms with Gasteiger partial charge in [0.25, 0.3) is 0 Å². The van der Waals surface area contributed by atoms with Gasteiger partial charge in [0.2, 0.25) is 5.91 Å². The lowest BCUT2D eigenvalue weighted by Crippen LogP contribution is -2.42. The van der Waals surface area contributed by atoms with Crippen molar-refractivity contribution >= 4 is 23.2 Å². The number of methoxy groups -OCH3 is 1. The first-order valence-electron chi connectivity index (χ1n) is 10.5. The van der Waals surface area contributed by atoms with E-state index in [-0.39, 0.29) is 18.6 Å². The van der Waals surface area contributed by atoms with Crippen LogP contribution in [0.15, 0.2) is 60.7 Å². The van der Waals surface area contributed by atoms with Crippen molar-refractivity contribution in [3.8, 4) is 5.75 Å². The molecule has 1 aliphatic rings. The lowest BCUT2D eigenvalue weighted by atomic mass is 10.2. The van der Waals surface area contributed by atoms with E-state index in [1.54, 1.807) is 7.11 Å². The zero-order valence-corrected chi connectivity index (χ0v) is 18.2. The predicted molar refractivity (Wildman–Crippen MR) is 123 cm³/mol. The molecule has 1 aliphatic heterocycles. The second-order valence-electron chi connectivity index (χ2n) is 7.61. The van der Waals surface area contributed by atoms with Crippen LogP contribution >= 0.6 is 0 Å². The second-order valence-corrected chi connectivity index (χ2v) is 7.61. The zero-order chi connectivity index (χ0) is 22.3. The molecule has 1 amide bonds. The van der Waals surface area contributed by atoms with Crippen LogP contribution in [0.3, 0.4) is 0 Å². The van der Waals surface area contributed by atoms with Crippen molar-refractivity contribution in [1.29, 1.82) is 0 Å². The molecule has 2 aromatic heterocycles. The summed E-state index contributed by atoms with van der Waals surface area (Å²) < 4.78 is 11.1. The molecule has 3 heterocycles. The molecular formula is C24H27N5O3. The number of nitrogens with one attached hydrogen (secondary N) is 2. The predicted octanol–water partition coefficient (Wildman–Crippen LogP) is 3.55. The van der Waals surface area contributed by atoms with E-state index in [0.29, 0.717) is 25.5 Å².